The Morgan fingerprint density at radius 1 is 1.40 bits per heavy atom. The van der Waals surface area contributed by atoms with Crippen molar-refractivity contribution >= 4 is 10.9 Å². The summed E-state index contributed by atoms with van der Waals surface area (Å²) < 4.78 is 7.56. The van der Waals surface area contributed by atoms with Crippen LogP contribution < -0.4 is 10.2 Å². The molecule has 0 bridgehead atoms. The topological polar surface area (TPSA) is 71.7 Å². The predicted octanol–water partition coefficient (Wildman–Crippen LogP) is 1.32. The largest absolute Gasteiger partial charge is 0.508 e. The summed E-state index contributed by atoms with van der Waals surface area (Å²) in [4.78, 5) is 12.5. The summed E-state index contributed by atoms with van der Waals surface area (Å²) in [5.41, 5.74) is 0.0867. The fraction of sp³-hybridized carbons (Fsp3) is 0.400. The maximum absolute atomic E-state index is 12.5. The van der Waals surface area contributed by atoms with Gasteiger partial charge in [-0.05, 0) is 32.0 Å². The second kappa shape index (κ2) is 3.99. The van der Waals surface area contributed by atoms with E-state index >= 15 is 0 Å². The molecule has 1 aliphatic rings. The Labute approximate surface area is 116 Å². The molecular formula is C15H17NO4. The Morgan fingerprint density at radius 2 is 2.10 bits per heavy atom. The van der Waals surface area contributed by atoms with Crippen molar-refractivity contribution in [3.63, 3.8) is 0 Å². The SMILES string of the molecule is Cn1c2c(c(=O)c3cc(O)ccc31)C[C@@H](C(C)(C)O)O2. The van der Waals surface area contributed by atoms with Gasteiger partial charge in [-0.3, -0.25) is 4.79 Å². The van der Waals surface area contributed by atoms with Crippen molar-refractivity contribution in [2.45, 2.75) is 32.0 Å². The number of phenols is 1. The van der Waals surface area contributed by atoms with E-state index in [2.05, 4.69) is 0 Å². The number of aryl methyl sites for hydroxylation is 1. The minimum Gasteiger partial charge on any atom is -0.508 e. The van der Waals surface area contributed by atoms with E-state index in [1.165, 1.54) is 12.1 Å². The van der Waals surface area contributed by atoms with E-state index in [0.717, 1.165) is 0 Å². The van der Waals surface area contributed by atoms with Gasteiger partial charge in [-0.1, -0.05) is 0 Å². The van der Waals surface area contributed by atoms with E-state index in [0.29, 0.717) is 28.8 Å². The van der Waals surface area contributed by atoms with Crippen LogP contribution >= 0.6 is 0 Å². The Bertz CT molecular complexity index is 755. The zero-order valence-electron chi connectivity index (χ0n) is 11.7. The number of nitrogens with zero attached hydrogens (tertiary/aromatic N) is 1. The Balaban J connectivity index is 2.27. The maximum Gasteiger partial charge on any atom is 0.201 e. The van der Waals surface area contributed by atoms with E-state index in [-0.39, 0.29) is 11.2 Å². The molecule has 20 heavy (non-hydrogen) atoms. The number of pyridine rings is 1. The molecule has 106 valence electrons. The monoisotopic (exact) mass is 275 g/mol. The molecule has 1 aliphatic heterocycles. The highest BCUT2D eigenvalue weighted by atomic mass is 16.5. The molecule has 1 aromatic heterocycles. The molecule has 5 nitrogen and oxygen atoms in total. The number of fused-ring (bicyclic) bond motifs is 2. The summed E-state index contributed by atoms with van der Waals surface area (Å²) in [7, 11) is 1.81. The van der Waals surface area contributed by atoms with Crippen molar-refractivity contribution in [1.82, 2.24) is 4.57 Å². The fourth-order valence-corrected chi connectivity index (χ4v) is 2.66. The second-order valence-electron chi connectivity index (χ2n) is 5.84. The van der Waals surface area contributed by atoms with Gasteiger partial charge >= 0.3 is 0 Å². The lowest BCUT2D eigenvalue weighted by atomic mass is 9.97. The zero-order valence-corrected chi connectivity index (χ0v) is 11.7. The summed E-state index contributed by atoms with van der Waals surface area (Å²) in [6.45, 7) is 3.33. The van der Waals surface area contributed by atoms with Gasteiger partial charge in [0.15, 0.2) is 5.43 Å². The molecule has 0 unspecified atom stereocenters. The van der Waals surface area contributed by atoms with Gasteiger partial charge < -0.3 is 19.5 Å². The smallest absolute Gasteiger partial charge is 0.201 e. The number of aromatic hydroxyl groups is 1. The Hall–Kier alpha value is -2.01. The predicted molar refractivity (Wildman–Crippen MR) is 75.3 cm³/mol. The van der Waals surface area contributed by atoms with E-state index < -0.39 is 11.7 Å². The van der Waals surface area contributed by atoms with Gasteiger partial charge in [0.2, 0.25) is 5.88 Å². The first-order valence-corrected chi connectivity index (χ1v) is 6.52. The Morgan fingerprint density at radius 3 is 2.75 bits per heavy atom. The van der Waals surface area contributed by atoms with Crippen molar-refractivity contribution < 1.29 is 14.9 Å². The zero-order chi connectivity index (χ0) is 14.7. The lowest BCUT2D eigenvalue weighted by Gasteiger charge is -2.24. The van der Waals surface area contributed by atoms with Gasteiger partial charge in [0, 0.05) is 18.9 Å². The van der Waals surface area contributed by atoms with Crippen LogP contribution in [0.4, 0.5) is 0 Å². The highest BCUT2D eigenvalue weighted by Gasteiger charge is 2.37. The van der Waals surface area contributed by atoms with Crippen LogP contribution in [0, 0.1) is 0 Å². The van der Waals surface area contributed by atoms with E-state index in [9.17, 15) is 15.0 Å². The van der Waals surface area contributed by atoms with Crippen LogP contribution in [0.15, 0.2) is 23.0 Å². The normalized spacial score (nSPS) is 18.1. The average molecular weight is 275 g/mol. The molecule has 1 aromatic carbocycles. The van der Waals surface area contributed by atoms with Crippen molar-refractivity contribution in [3.8, 4) is 11.6 Å². The molecule has 1 atom stereocenters. The fourth-order valence-electron chi connectivity index (χ4n) is 2.66. The van der Waals surface area contributed by atoms with Crippen LogP contribution in [0.1, 0.15) is 19.4 Å². The number of hydrogen-bond donors (Lipinski definition) is 2. The number of aliphatic hydroxyl groups is 1. The first-order valence-electron chi connectivity index (χ1n) is 6.52. The molecule has 2 N–H and O–H groups in total. The van der Waals surface area contributed by atoms with Crippen LogP contribution in [-0.4, -0.2) is 26.5 Å². The number of ether oxygens (including phenoxy) is 1. The van der Waals surface area contributed by atoms with E-state index in [1.807, 2.05) is 7.05 Å². The lowest BCUT2D eigenvalue weighted by molar-refractivity contribution is -0.0252. The molecule has 0 saturated heterocycles. The third-order valence-electron chi connectivity index (χ3n) is 3.85. The summed E-state index contributed by atoms with van der Waals surface area (Å²) in [5.74, 6) is 0.563. The third-order valence-corrected chi connectivity index (χ3v) is 3.85. The van der Waals surface area contributed by atoms with Gasteiger partial charge in [0.05, 0.1) is 16.7 Å². The van der Waals surface area contributed by atoms with Gasteiger partial charge in [0.25, 0.3) is 0 Å². The number of rotatable bonds is 1. The maximum atomic E-state index is 12.5. The van der Waals surface area contributed by atoms with Crippen LogP contribution in [0.3, 0.4) is 0 Å². The van der Waals surface area contributed by atoms with Crippen molar-refractivity contribution in [3.05, 3.63) is 34.0 Å². The first kappa shape index (κ1) is 13.0. The van der Waals surface area contributed by atoms with Crippen molar-refractivity contribution in [1.29, 1.82) is 0 Å². The van der Waals surface area contributed by atoms with Crippen LogP contribution in [0.5, 0.6) is 11.6 Å². The van der Waals surface area contributed by atoms with Crippen LogP contribution in [0.2, 0.25) is 0 Å². The van der Waals surface area contributed by atoms with E-state index in [1.54, 1.807) is 24.5 Å². The summed E-state index contributed by atoms with van der Waals surface area (Å²) in [5, 5.41) is 20.1. The lowest BCUT2D eigenvalue weighted by Crippen LogP contribution is -2.39. The first-order chi connectivity index (χ1) is 9.29. The molecule has 5 heteroatoms. The summed E-state index contributed by atoms with van der Waals surface area (Å²) in [6.07, 6.45) is -0.0706. The van der Waals surface area contributed by atoms with Gasteiger partial charge in [0.1, 0.15) is 11.9 Å². The summed E-state index contributed by atoms with van der Waals surface area (Å²) >= 11 is 0. The Kier molecular flexibility index (Phi) is 2.59. The quantitative estimate of drug-likeness (QED) is 0.823. The molecule has 0 amide bonds. The van der Waals surface area contributed by atoms with Gasteiger partial charge in [-0.2, -0.15) is 0 Å². The molecule has 0 aliphatic carbocycles. The average Bonchev–Trinajstić information content (AvgIpc) is 2.81. The highest BCUT2D eigenvalue weighted by Crippen LogP contribution is 2.33. The van der Waals surface area contributed by atoms with E-state index in [4.69, 9.17) is 4.74 Å². The molecule has 0 fully saturated rings. The minimum absolute atomic E-state index is 0.0625. The van der Waals surface area contributed by atoms with Gasteiger partial charge in [-0.15, -0.1) is 0 Å². The molecule has 3 rings (SSSR count). The van der Waals surface area contributed by atoms with Crippen LogP contribution in [-0.2, 0) is 13.5 Å². The molecule has 2 aromatic rings. The number of benzene rings is 1. The third kappa shape index (κ3) is 1.78. The molecule has 0 radical (unpaired) electrons. The van der Waals surface area contributed by atoms with Crippen LogP contribution in [0.25, 0.3) is 10.9 Å². The number of hydrogen-bond acceptors (Lipinski definition) is 4. The summed E-state index contributed by atoms with van der Waals surface area (Å²) in [6, 6.07) is 4.69. The molecule has 0 spiro atoms. The standard InChI is InChI=1S/C15H17NO4/c1-15(2,19)12-7-10-13(18)9-6-8(17)4-5-11(9)16(3)14(10)20-12/h4-6,12,17,19H,7H2,1-3H3/t12-/m0/s1. The highest BCUT2D eigenvalue weighted by molar-refractivity contribution is 5.82. The van der Waals surface area contributed by atoms with Crippen molar-refractivity contribution in [2.75, 3.05) is 0 Å². The molecular weight excluding hydrogens is 258 g/mol. The number of aromatic nitrogens is 1. The molecule has 2 heterocycles. The molecule has 0 saturated carbocycles. The number of phenolic OH excluding ortho intramolecular Hbond substituents is 1. The second-order valence-corrected chi connectivity index (χ2v) is 5.84. The van der Waals surface area contributed by atoms with Gasteiger partial charge in [-0.25, -0.2) is 0 Å². The van der Waals surface area contributed by atoms with Crippen molar-refractivity contribution in [2.24, 2.45) is 7.05 Å². The minimum atomic E-state index is -1.02.